The van der Waals surface area contributed by atoms with Crippen LogP contribution in [0.3, 0.4) is 0 Å². The van der Waals surface area contributed by atoms with Crippen molar-refractivity contribution < 1.29 is 19.1 Å². The highest BCUT2D eigenvalue weighted by Gasteiger charge is 2.35. The minimum absolute atomic E-state index is 0.0564. The summed E-state index contributed by atoms with van der Waals surface area (Å²) in [6, 6.07) is 14.1. The molecule has 1 unspecified atom stereocenters. The van der Waals surface area contributed by atoms with Gasteiger partial charge in [0.05, 0.1) is 26.2 Å². The van der Waals surface area contributed by atoms with E-state index in [1.807, 2.05) is 43.3 Å². The topological polar surface area (TPSA) is 93.6 Å². The Bertz CT molecular complexity index is 1120. The summed E-state index contributed by atoms with van der Waals surface area (Å²) in [5.41, 5.74) is 2.38. The third kappa shape index (κ3) is 4.39. The molecule has 1 N–H and O–H groups in total. The van der Waals surface area contributed by atoms with E-state index in [9.17, 15) is 9.59 Å². The zero-order valence-electron chi connectivity index (χ0n) is 17.9. The number of ether oxygens (including phenoxy) is 2. The lowest BCUT2D eigenvalue weighted by molar-refractivity contribution is -0.117. The van der Waals surface area contributed by atoms with Gasteiger partial charge < -0.3 is 19.7 Å². The van der Waals surface area contributed by atoms with Crippen LogP contribution >= 0.6 is 0 Å². The van der Waals surface area contributed by atoms with Crippen molar-refractivity contribution in [3.63, 3.8) is 0 Å². The van der Waals surface area contributed by atoms with Gasteiger partial charge in [0.15, 0.2) is 11.5 Å². The Morgan fingerprint density at radius 2 is 2.03 bits per heavy atom. The van der Waals surface area contributed by atoms with Crippen molar-refractivity contribution in [2.45, 2.75) is 25.9 Å². The molecule has 0 saturated heterocycles. The highest BCUT2D eigenvalue weighted by molar-refractivity contribution is 5.99. The van der Waals surface area contributed by atoms with Gasteiger partial charge in [0.25, 0.3) is 5.91 Å². The molecule has 4 rings (SSSR count). The molecule has 1 aliphatic rings. The maximum atomic E-state index is 13.2. The van der Waals surface area contributed by atoms with E-state index in [2.05, 4.69) is 15.3 Å². The first-order chi connectivity index (χ1) is 15.6. The summed E-state index contributed by atoms with van der Waals surface area (Å²) in [5, 5.41) is 2.78. The van der Waals surface area contributed by atoms with Crippen molar-refractivity contribution in [2.24, 2.45) is 0 Å². The predicted molar refractivity (Wildman–Crippen MR) is 118 cm³/mol. The highest BCUT2D eigenvalue weighted by atomic mass is 16.5. The van der Waals surface area contributed by atoms with Crippen molar-refractivity contribution in [3.8, 4) is 11.5 Å². The summed E-state index contributed by atoms with van der Waals surface area (Å²) in [5.74, 6) is 1.20. The Hall–Kier alpha value is -3.94. The van der Waals surface area contributed by atoms with Crippen LogP contribution in [0.1, 0.15) is 40.9 Å². The fraction of sp³-hybridized carbons (Fsp3) is 0.250. The van der Waals surface area contributed by atoms with Crippen LogP contribution in [0, 0.1) is 0 Å². The van der Waals surface area contributed by atoms with E-state index in [0.717, 1.165) is 11.1 Å². The maximum absolute atomic E-state index is 13.2. The molecule has 1 atom stereocenters. The molecule has 2 heterocycles. The van der Waals surface area contributed by atoms with Crippen LogP contribution in [0.25, 0.3) is 0 Å². The van der Waals surface area contributed by atoms with Gasteiger partial charge in [0.2, 0.25) is 5.91 Å². The molecular formula is C24H24N4O4. The van der Waals surface area contributed by atoms with Crippen molar-refractivity contribution >= 4 is 17.6 Å². The number of carbonyl (C=O) groups excluding carboxylic acids is 2. The van der Waals surface area contributed by atoms with Crippen LogP contribution in [0.4, 0.5) is 5.82 Å². The molecule has 0 radical (unpaired) electrons. The molecule has 3 aromatic rings. The Balaban J connectivity index is 1.66. The second kappa shape index (κ2) is 9.47. The molecule has 164 valence electrons. The largest absolute Gasteiger partial charge is 0.493 e. The van der Waals surface area contributed by atoms with E-state index in [1.165, 1.54) is 6.33 Å². The van der Waals surface area contributed by atoms with E-state index >= 15 is 0 Å². The summed E-state index contributed by atoms with van der Waals surface area (Å²) in [4.78, 5) is 35.7. The summed E-state index contributed by atoms with van der Waals surface area (Å²) < 4.78 is 11.1. The van der Waals surface area contributed by atoms with Gasteiger partial charge in [0, 0.05) is 18.3 Å². The number of nitrogens with one attached hydrogen (secondary N) is 1. The standard InChI is InChI=1S/C24H24N4O4/c1-3-32-20-9-8-16(12-21(20)31-2)19(13-23(29)27-22-10-11-25-15-26-22)28-14-17-6-4-5-7-18(17)24(28)30/h4-12,15,19H,3,13-14H2,1-2H3,(H,25,26,27,29). The molecule has 2 aromatic carbocycles. The number of methoxy groups -OCH3 is 1. The third-order valence-electron chi connectivity index (χ3n) is 5.33. The molecule has 8 nitrogen and oxygen atoms in total. The SMILES string of the molecule is CCOc1ccc(C(CC(=O)Nc2ccncn2)N2Cc3ccccc3C2=O)cc1OC. The van der Waals surface area contributed by atoms with Crippen molar-refractivity contribution in [1.29, 1.82) is 0 Å². The van der Waals surface area contributed by atoms with Gasteiger partial charge in [-0.05, 0) is 42.3 Å². The number of anilines is 1. The first-order valence-electron chi connectivity index (χ1n) is 10.4. The lowest BCUT2D eigenvalue weighted by Gasteiger charge is -2.28. The average molecular weight is 432 g/mol. The van der Waals surface area contributed by atoms with Crippen LogP contribution in [0.15, 0.2) is 61.1 Å². The minimum atomic E-state index is -0.499. The van der Waals surface area contributed by atoms with Crippen LogP contribution < -0.4 is 14.8 Å². The molecule has 0 bridgehead atoms. The first kappa shape index (κ1) is 21.3. The Morgan fingerprint density at radius 1 is 1.19 bits per heavy atom. The molecule has 1 aliphatic heterocycles. The fourth-order valence-corrected chi connectivity index (χ4v) is 3.84. The Labute approximate surface area is 186 Å². The van der Waals surface area contributed by atoms with Gasteiger partial charge >= 0.3 is 0 Å². The minimum Gasteiger partial charge on any atom is -0.493 e. The van der Waals surface area contributed by atoms with Crippen molar-refractivity contribution in [1.82, 2.24) is 14.9 Å². The number of hydrogen-bond donors (Lipinski definition) is 1. The van der Waals surface area contributed by atoms with Crippen LogP contribution in [0.2, 0.25) is 0 Å². The maximum Gasteiger partial charge on any atom is 0.255 e. The highest BCUT2D eigenvalue weighted by Crippen LogP contribution is 2.37. The van der Waals surface area contributed by atoms with Crippen molar-refractivity contribution in [2.75, 3.05) is 19.0 Å². The number of rotatable bonds is 8. The summed E-state index contributed by atoms with van der Waals surface area (Å²) in [6.07, 6.45) is 2.98. The van der Waals surface area contributed by atoms with Crippen LogP contribution in [0.5, 0.6) is 11.5 Å². The summed E-state index contributed by atoms with van der Waals surface area (Å²) >= 11 is 0. The van der Waals surface area contributed by atoms with Gasteiger partial charge in [0.1, 0.15) is 12.1 Å². The molecule has 32 heavy (non-hydrogen) atoms. The second-order valence-electron chi connectivity index (χ2n) is 7.30. The van der Waals surface area contributed by atoms with Crippen LogP contribution in [-0.4, -0.2) is 40.4 Å². The van der Waals surface area contributed by atoms with E-state index in [1.54, 1.807) is 30.3 Å². The zero-order valence-corrected chi connectivity index (χ0v) is 17.9. The van der Waals surface area contributed by atoms with Gasteiger partial charge in [-0.2, -0.15) is 0 Å². The summed E-state index contributed by atoms with van der Waals surface area (Å²) in [7, 11) is 1.56. The average Bonchev–Trinajstić information content (AvgIpc) is 3.15. The molecule has 0 saturated carbocycles. The number of carbonyl (C=O) groups is 2. The number of nitrogens with zero attached hydrogens (tertiary/aromatic N) is 3. The number of aromatic nitrogens is 2. The lowest BCUT2D eigenvalue weighted by atomic mass is 10.0. The number of fused-ring (bicyclic) bond motifs is 1. The predicted octanol–water partition coefficient (Wildman–Crippen LogP) is 3.61. The quantitative estimate of drug-likeness (QED) is 0.585. The van der Waals surface area contributed by atoms with Gasteiger partial charge in [-0.3, -0.25) is 9.59 Å². The Morgan fingerprint density at radius 3 is 2.75 bits per heavy atom. The van der Waals surface area contributed by atoms with Crippen LogP contribution in [-0.2, 0) is 11.3 Å². The second-order valence-corrected chi connectivity index (χ2v) is 7.30. The fourth-order valence-electron chi connectivity index (χ4n) is 3.84. The molecule has 1 aromatic heterocycles. The van der Waals surface area contributed by atoms with Gasteiger partial charge in [-0.25, -0.2) is 9.97 Å². The molecule has 0 aliphatic carbocycles. The monoisotopic (exact) mass is 432 g/mol. The molecular weight excluding hydrogens is 408 g/mol. The van der Waals surface area contributed by atoms with E-state index in [0.29, 0.717) is 36.0 Å². The first-order valence-corrected chi connectivity index (χ1v) is 10.4. The molecule has 8 heteroatoms. The normalized spacial score (nSPS) is 13.4. The zero-order chi connectivity index (χ0) is 22.5. The number of amides is 2. The number of benzene rings is 2. The van der Waals surface area contributed by atoms with E-state index in [4.69, 9.17) is 9.47 Å². The smallest absolute Gasteiger partial charge is 0.255 e. The molecule has 0 fully saturated rings. The van der Waals surface area contributed by atoms with E-state index < -0.39 is 6.04 Å². The van der Waals surface area contributed by atoms with Gasteiger partial charge in [-0.15, -0.1) is 0 Å². The van der Waals surface area contributed by atoms with Crippen molar-refractivity contribution in [3.05, 3.63) is 77.7 Å². The lowest BCUT2D eigenvalue weighted by Crippen LogP contribution is -2.32. The van der Waals surface area contributed by atoms with E-state index in [-0.39, 0.29) is 18.2 Å². The number of hydrogen-bond acceptors (Lipinski definition) is 6. The molecule has 0 spiro atoms. The Kier molecular flexibility index (Phi) is 6.30. The molecule has 2 amide bonds. The summed E-state index contributed by atoms with van der Waals surface area (Å²) in [6.45, 7) is 2.82. The van der Waals surface area contributed by atoms with Gasteiger partial charge in [-0.1, -0.05) is 24.3 Å². The third-order valence-corrected chi connectivity index (χ3v) is 5.33.